The van der Waals surface area contributed by atoms with Crippen molar-refractivity contribution in [3.63, 3.8) is 0 Å². The van der Waals surface area contributed by atoms with Gasteiger partial charge in [0.2, 0.25) is 0 Å². The van der Waals surface area contributed by atoms with Crippen LogP contribution in [0.5, 0.6) is 11.5 Å². The fourth-order valence-corrected chi connectivity index (χ4v) is 2.97. The summed E-state index contributed by atoms with van der Waals surface area (Å²) >= 11 is 0. The highest BCUT2D eigenvalue weighted by atomic mass is 16.5. The fraction of sp³-hybridized carbons (Fsp3) is 0.438. The predicted molar refractivity (Wildman–Crippen MR) is 81.4 cm³/mol. The summed E-state index contributed by atoms with van der Waals surface area (Å²) in [6, 6.07) is 5.35. The summed E-state index contributed by atoms with van der Waals surface area (Å²) < 4.78 is 12.6. The highest BCUT2D eigenvalue weighted by molar-refractivity contribution is 5.91. The van der Waals surface area contributed by atoms with E-state index in [0.29, 0.717) is 22.4 Å². The van der Waals surface area contributed by atoms with Crippen molar-refractivity contribution in [1.29, 1.82) is 0 Å². The van der Waals surface area contributed by atoms with E-state index in [1.807, 2.05) is 0 Å². The Labute approximate surface area is 127 Å². The first-order valence-electron chi connectivity index (χ1n) is 7.04. The molecule has 6 heteroatoms. The quantitative estimate of drug-likeness (QED) is 0.825. The molecule has 2 heterocycles. The topological polar surface area (TPSA) is 80.9 Å². The monoisotopic (exact) mass is 305 g/mol. The van der Waals surface area contributed by atoms with Gasteiger partial charge in [-0.15, -0.1) is 0 Å². The van der Waals surface area contributed by atoms with Crippen molar-refractivity contribution < 1.29 is 19.7 Å². The van der Waals surface area contributed by atoms with Crippen LogP contribution in [0.15, 0.2) is 23.0 Å². The number of aryl methyl sites for hydroxylation is 1. The van der Waals surface area contributed by atoms with E-state index in [2.05, 4.69) is 0 Å². The summed E-state index contributed by atoms with van der Waals surface area (Å²) in [6.45, 7) is 3.35. The largest absolute Gasteiger partial charge is 0.495 e. The molecule has 0 saturated carbocycles. The SMILES string of the molecule is COc1cccc2c3c(c(=O)n(C)c12)[C@H](O)[C@@H](O)C(C)(C)O3. The van der Waals surface area contributed by atoms with Crippen LogP contribution in [0.4, 0.5) is 0 Å². The van der Waals surface area contributed by atoms with Crippen LogP contribution >= 0.6 is 0 Å². The average Bonchev–Trinajstić information content (AvgIpc) is 2.49. The van der Waals surface area contributed by atoms with Gasteiger partial charge >= 0.3 is 0 Å². The number of aliphatic hydroxyl groups is 2. The van der Waals surface area contributed by atoms with Crippen LogP contribution in [-0.4, -0.2) is 33.6 Å². The second-order valence-corrected chi connectivity index (χ2v) is 6.06. The number of para-hydroxylation sites is 1. The predicted octanol–water partition coefficient (Wildman–Crippen LogP) is 1.11. The zero-order chi connectivity index (χ0) is 16.2. The average molecular weight is 305 g/mol. The van der Waals surface area contributed by atoms with Crippen molar-refractivity contribution in [2.45, 2.75) is 31.7 Å². The molecule has 0 amide bonds. The third kappa shape index (κ3) is 1.84. The lowest BCUT2D eigenvalue weighted by Crippen LogP contribution is -2.50. The third-order valence-electron chi connectivity index (χ3n) is 4.25. The smallest absolute Gasteiger partial charge is 0.260 e. The molecule has 0 spiro atoms. The zero-order valence-corrected chi connectivity index (χ0v) is 13.0. The van der Waals surface area contributed by atoms with Gasteiger partial charge in [-0.05, 0) is 26.0 Å². The van der Waals surface area contributed by atoms with Crippen LogP contribution in [0.3, 0.4) is 0 Å². The standard InChI is InChI=1S/C16H19NO5/c1-16(2)14(19)12(18)10-13(22-16)8-6-5-7-9(21-4)11(8)17(3)15(10)20/h5-7,12,14,18-19H,1-4H3/t12-,14+/m0/s1. The molecule has 2 atom stereocenters. The van der Waals surface area contributed by atoms with E-state index >= 15 is 0 Å². The molecule has 1 aromatic heterocycles. The first-order chi connectivity index (χ1) is 10.3. The van der Waals surface area contributed by atoms with Crippen molar-refractivity contribution in [3.8, 4) is 11.5 Å². The highest BCUT2D eigenvalue weighted by Gasteiger charge is 2.44. The van der Waals surface area contributed by atoms with Gasteiger partial charge in [-0.25, -0.2) is 0 Å². The van der Waals surface area contributed by atoms with E-state index in [4.69, 9.17) is 9.47 Å². The Balaban J connectivity index is 2.47. The first kappa shape index (κ1) is 14.9. The van der Waals surface area contributed by atoms with Gasteiger partial charge in [0.05, 0.1) is 18.2 Å². The molecular formula is C16H19NO5. The van der Waals surface area contributed by atoms with Crippen LogP contribution < -0.4 is 15.0 Å². The van der Waals surface area contributed by atoms with Gasteiger partial charge in [0.1, 0.15) is 29.3 Å². The lowest BCUT2D eigenvalue weighted by atomic mass is 9.88. The number of aromatic nitrogens is 1. The van der Waals surface area contributed by atoms with Gasteiger partial charge in [-0.3, -0.25) is 4.79 Å². The van der Waals surface area contributed by atoms with Gasteiger partial charge < -0.3 is 24.3 Å². The lowest BCUT2D eigenvalue weighted by Gasteiger charge is -2.40. The van der Waals surface area contributed by atoms with Crippen LogP contribution in [0, 0.1) is 0 Å². The number of hydrogen-bond acceptors (Lipinski definition) is 5. The van der Waals surface area contributed by atoms with Crippen molar-refractivity contribution in [3.05, 3.63) is 34.1 Å². The number of pyridine rings is 1. The minimum absolute atomic E-state index is 0.0788. The Morgan fingerprint density at radius 3 is 2.64 bits per heavy atom. The van der Waals surface area contributed by atoms with Crippen molar-refractivity contribution in [1.82, 2.24) is 4.57 Å². The fourth-order valence-electron chi connectivity index (χ4n) is 2.97. The number of rotatable bonds is 1. The Hall–Kier alpha value is -2.05. The van der Waals surface area contributed by atoms with Crippen molar-refractivity contribution in [2.75, 3.05) is 7.11 Å². The molecule has 22 heavy (non-hydrogen) atoms. The van der Waals surface area contributed by atoms with E-state index in [0.717, 1.165) is 0 Å². The molecule has 0 radical (unpaired) electrons. The van der Waals surface area contributed by atoms with E-state index in [1.165, 1.54) is 11.7 Å². The second kappa shape index (κ2) is 4.72. The number of ether oxygens (including phenoxy) is 2. The molecule has 1 aromatic carbocycles. The van der Waals surface area contributed by atoms with Crippen LogP contribution in [0.2, 0.25) is 0 Å². The van der Waals surface area contributed by atoms with Crippen molar-refractivity contribution in [2.24, 2.45) is 7.05 Å². The van der Waals surface area contributed by atoms with Gasteiger partial charge in [0, 0.05) is 12.4 Å². The molecule has 118 valence electrons. The molecule has 2 aromatic rings. The van der Waals surface area contributed by atoms with E-state index in [9.17, 15) is 15.0 Å². The highest BCUT2D eigenvalue weighted by Crippen LogP contribution is 2.43. The maximum Gasteiger partial charge on any atom is 0.260 e. The molecule has 0 fully saturated rings. The molecule has 0 bridgehead atoms. The molecule has 0 saturated heterocycles. The molecule has 1 aliphatic rings. The molecule has 1 aliphatic heterocycles. The molecule has 2 N–H and O–H groups in total. The van der Waals surface area contributed by atoms with Crippen LogP contribution in [0.25, 0.3) is 10.9 Å². The maximum atomic E-state index is 12.6. The first-order valence-corrected chi connectivity index (χ1v) is 7.04. The number of hydrogen-bond donors (Lipinski definition) is 2. The summed E-state index contributed by atoms with van der Waals surface area (Å²) in [5.74, 6) is 0.849. The van der Waals surface area contributed by atoms with Gasteiger partial charge in [0.25, 0.3) is 5.56 Å². The number of aliphatic hydroxyl groups excluding tert-OH is 2. The molecule has 6 nitrogen and oxygen atoms in total. The zero-order valence-electron chi connectivity index (χ0n) is 13.0. The van der Waals surface area contributed by atoms with Crippen LogP contribution in [-0.2, 0) is 7.05 Å². The Bertz CT molecular complexity index is 808. The number of fused-ring (bicyclic) bond motifs is 3. The molecule has 3 rings (SSSR count). The third-order valence-corrected chi connectivity index (χ3v) is 4.25. The summed E-state index contributed by atoms with van der Waals surface area (Å²) in [6.07, 6.45) is -2.48. The van der Waals surface area contributed by atoms with Crippen molar-refractivity contribution >= 4 is 10.9 Å². The number of methoxy groups -OCH3 is 1. The molecular weight excluding hydrogens is 286 g/mol. The number of benzene rings is 1. The van der Waals surface area contributed by atoms with E-state index in [-0.39, 0.29) is 5.56 Å². The molecule has 0 unspecified atom stereocenters. The number of nitrogens with zero attached hydrogens (tertiary/aromatic N) is 1. The Morgan fingerprint density at radius 2 is 2.00 bits per heavy atom. The van der Waals surface area contributed by atoms with Crippen LogP contribution in [0.1, 0.15) is 25.5 Å². The van der Waals surface area contributed by atoms with Gasteiger partial charge in [-0.2, -0.15) is 0 Å². The summed E-state index contributed by atoms with van der Waals surface area (Å²) in [5, 5.41) is 21.2. The van der Waals surface area contributed by atoms with E-state index < -0.39 is 23.4 Å². The van der Waals surface area contributed by atoms with Gasteiger partial charge in [0.15, 0.2) is 0 Å². The Kier molecular flexibility index (Phi) is 3.19. The van der Waals surface area contributed by atoms with E-state index in [1.54, 1.807) is 39.1 Å². The minimum Gasteiger partial charge on any atom is -0.495 e. The maximum absolute atomic E-state index is 12.6. The summed E-state index contributed by atoms with van der Waals surface area (Å²) in [5.41, 5.74) is -0.744. The summed E-state index contributed by atoms with van der Waals surface area (Å²) in [7, 11) is 3.13. The van der Waals surface area contributed by atoms with Gasteiger partial charge in [-0.1, -0.05) is 6.07 Å². The molecule has 0 aliphatic carbocycles. The summed E-state index contributed by atoms with van der Waals surface area (Å²) in [4.78, 5) is 12.6. The normalized spacial score (nSPS) is 23.0. The minimum atomic E-state index is -1.30. The Morgan fingerprint density at radius 1 is 1.32 bits per heavy atom. The lowest BCUT2D eigenvalue weighted by molar-refractivity contribution is -0.111. The second-order valence-electron chi connectivity index (χ2n) is 6.06.